The molecule has 0 unspecified atom stereocenters. The van der Waals surface area contributed by atoms with Crippen molar-refractivity contribution in [1.29, 1.82) is 0 Å². The lowest BCUT2D eigenvalue weighted by Crippen LogP contribution is -2.69. The van der Waals surface area contributed by atoms with Crippen LogP contribution in [0.4, 0.5) is 57.1 Å². The summed E-state index contributed by atoms with van der Waals surface area (Å²) >= 11 is 0. The molecule has 0 aromatic heterocycles. The number of hydrogen-bond acceptors (Lipinski definition) is 1. The topological polar surface area (TPSA) is 9.23 Å². The fraction of sp³-hybridized carbons (Fsp3) is 0.280. The normalized spacial score (nSPS) is 13.9. The van der Waals surface area contributed by atoms with E-state index >= 15 is 0 Å². The monoisotopic (exact) mass is 578 g/mol. The molecule has 39 heavy (non-hydrogen) atoms. The smallest absolute Gasteiger partial charge is 0.460 e. The third-order valence-electron chi connectivity index (χ3n) is 5.62. The van der Waals surface area contributed by atoms with Crippen LogP contribution in [-0.4, -0.2) is 29.9 Å². The summed E-state index contributed by atoms with van der Waals surface area (Å²) in [5.41, 5.74) is -0.858. The lowest BCUT2D eigenvalue weighted by molar-refractivity contribution is -0.441. The van der Waals surface area contributed by atoms with E-state index in [1.165, 1.54) is 24.3 Å². The van der Waals surface area contributed by atoms with Gasteiger partial charge in [-0.05, 0) is 28.8 Å². The van der Waals surface area contributed by atoms with Crippen LogP contribution in [0.1, 0.15) is 11.1 Å². The summed E-state index contributed by atoms with van der Waals surface area (Å²) in [5.74, 6) is -36.8. The van der Waals surface area contributed by atoms with Crippen molar-refractivity contribution in [2.45, 2.75) is 42.4 Å². The molecule has 212 valence electrons. The van der Waals surface area contributed by atoms with Crippen molar-refractivity contribution < 1.29 is 61.8 Å². The minimum absolute atomic E-state index is 0.0492. The summed E-state index contributed by atoms with van der Waals surface area (Å²) in [5, 5.41) is 0. The molecule has 0 spiro atoms. The number of hydrogen-bond donors (Lipinski definition) is 0. The highest BCUT2D eigenvalue weighted by Gasteiger charge is 2.90. The molecule has 0 bridgehead atoms. The van der Waals surface area contributed by atoms with Gasteiger partial charge in [-0.15, -0.1) is 0 Å². The maximum atomic E-state index is 14.4. The molecule has 14 heteroatoms. The van der Waals surface area contributed by atoms with E-state index in [4.69, 9.17) is 4.74 Å². The molecule has 1 nitrogen and oxygen atoms in total. The minimum Gasteiger partial charge on any atom is -0.489 e. The molecule has 0 saturated heterocycles. The zero-order valence-corrected chi connectivity index (χ0v) is 19.0. The fourth-order valence-electron chi connectivity index (χ4n) is 3.31. The predicted molar refractivity (Wildman–Crippen MR) is 112 cm³/mol. The van der Waals surface area contributed by atoms with Crippen molar-refractivity contribution in [1.82, 2.24) is 0 Å². The first-order valence-electron chi connectivity index (χ1n) is 10.6. The Morgan fingerprint density at radius 2 is 0.897 bits per heavy atom. The Labute approximate surface area is 211 Å². The molecule has 0 N–H and O–H groups in total. The van der Waals surface area contributed by atoms with Crippen LogP contribution in [0, 0.1) is 0 Å². The van der Waals surface area contributed by atoms with Gasteiger partial charge in [-0.1, -0.05) is 66.7 Å². The summed E-state index contributed by atoms with van der Waals surface area (Å²) in [6, 6.07) is 16.4. The van der Waals surface area contributed by atoms with Crippen LogP contribution in [0.2, 0.25) is 0 Å². The average molecular weight is 578 g/mol. The summed E-state index contributed by atoms with van der Waals surface area (Å²) < 4.78 is 179. The van der Waals surface area contributed by atoms with Gasteiger partial charge in [0.05, 0.1) is 0 Å². The summed E-state index contributed by atoms with van der Waals surface area (Å²) in [6.45, 7) is 0.205. The summed E-state index contributed by atoms with van der Waals surface area (Å²) in [6.07, 6.45) is -7.45. The Hall–Kier alpha value is -3.45. The molecule has 3 aromatic rings. The number of benzene rings is 3. The van der Waals surface area contributed by atoms with Gasteiger partial charge in [0.25, 0.3) is 0 Å². The van der Waals surface area contributed by atoms with Gasteiger partial charge in [0, 0.05) is 5.56 Å². The van der Waals surface area contributed by atoms with E-state index in [1.54, 1.807) is 30.3 Å². The standard InChI is InChI=1S/C25H15F13O/c26-20(27,21(28,29)22(30,31)23(32,33)24(34,35)25(36,37)38)18-10-6-16(7-11-18)17-8-12-19(13-9-17)39-14-15-4-2-1-3-5-15/h1-13H,14H2. The Morgan fingerprint density at radius 1 is 0.462 bits per heavy atom. The van der Waals surface area contributed by atoms with E-state index in [0.29, 0.717) is 17.9 Å². The maximum absolute atomic E-state index is 14.4. The van der Waals surface area contributed by atoms with Crippen molar-refractivity contribution in [3.8, 4) is 16.9 Å². The van der Waals surface area contributed by atoms with Gasteiger partial charge in [0.15, 0.2) is 0 Å². The summed E-state index contributed by atoms with van der Waals surface area (Å²) in [4.78, 5) is 0. The molecule has 3 aromatic carbocycles. The van der Waals surface area contributed by atoms with E-state index in [2.05, 4.69) is 0 Å². The zero-order valence-electron chi connectivity index (χ0n) is 19.0. The molecule has 0 atom stereocenters. The van der Waals surface area contributed by atoms with Gasteiger partial charge in [-0.2, -0.15) is 57.1 Å². The van der Waals surface area contributed by atoms with Crippen LogP contribution < -0.4 is 4.74 Å². The first kappa shape index (κ1) is 30.1. The van der Waals surface area contributed by atoms with E-state index in [9.17, 15) is 57.1 Å². The van der Waals surface area contributed by atoms with Gasteiger partial charge in [-0.25, -0.2) is 0 Å². The third-order valence-corrected chi connectivity index (χ3v) is 5.62. The first-order valence-corrected chi connectivity index (χ1v) is 10.6. The van der Waals surface area contributed by atoms with E-state index in [-0.39, 0.29) is 29.9 Å². The molecule has 0 aliphatic rings. The van der Waals surface area contributed by atoms with Gasteiger partial charge in [-0.3, -0.25) is 0 Å². The van der Waals surface area contributed by atoms with E-state index < -0.39 is 41.4 Å². The van der Waals surface area contributed by atoms with Crippen molar-refractivity contribution in [3.05, 3.63) is 90.0 Å². The Balaban J connectivity index is 1.83. The summed E-state index contributed by atoms with van der Waals surface area (Å²) in [7, 11) is 0. The Bertz CT molecular complexity index is 1250. The van der Waals surface area contributed by atoms with Gasteiger partial charge in [0.2, 0.25) is 0 Å². The minimum atomic E-state index is -7.94. The number of alkyl halides is 13. The molecule has 0 aliphatic heterocycles. The van der Waals surface area contributed by atoms with E-state index in [0.717, 1.165) is 5.56 Å². The Kier molecular flexibility index (Phi) is 7.67. The number of ether oxygens (including phenoxy) is 1. The SMILES string of the molecule is FC(F)(F)C(F)(F)C(F)(F)C(F)(F)C(F)(F)C(F)(F)c1ccc(-c2ccc(OCc3ccccc3)cc2)cc1. The quantitative estimate of drug-likeness (QED) is 0.230. The third kappa shape index (κ3) is 5.12. The van der Waals surface area contributed by atoms with Crippen molar-refractivity contribution in [3.63, 3.8) is 0 Å². The largest absolute Gasteiger partial charge is 0.489 e. The second-order valence-corrected chi connectivity index (χ2v) is 8.25. The molecule has 3 rings (SSSR count). The lowest BCUT2D eigenvalue weighted by Gasteiger charge is -2.39. The molecule has 0 amide bonds. The zero-order chi connectivity index (χ0) is 29.5. The second kappa shape index (κ2) is 9.94. The predicted octanol–water partition coefficient (Wildman–Crippen LogP) is 9.13. The van der Waals surface area contributed by atoms with Crippen LogP contribution in [0.3, 0.4) is 0 Å². The van der Waals surface area contributed by atoms with E-state index in [1.807, 2.05) is 0 Å². The highest BCUT2D eigenvalue weighted by atomic mass is 19.4. The molecular formula is C25H15F13O. The highest BCUT2D eigenvalue weighted by molar-refractivity contribution is 5.64. The van der Waals surface area contributed by atoms with Crippen LogP contribution in [0.25, 0.3) is 11.1 Å². The molecule has 0 heterocycles. The second-order valence-electron chi connectivity index (χ2n) is 8.25. The average Bonchev–Trinajstić information content (AvgIpc) is 2.87. The number of rotatable bonds is 9. The van der Waals surface area contributed by atoms with Gasteiger partial charge >= 0.3 is 35.8 Å². The van der Waals surface area contributed by atoms with Gasteiger partial charge < -0.3 is 4.74 Å². The molecule has 0 aliphatic carbocycles. The van der Waals surface area contributed by atoms with Crippen molar-refractivity contribution in [2.24, 2.45) is 0 Å². The highest BCUT2D eigenvalue weighted by Crippen LogP contribution is 2.62. The first-order chi connectivity index (χ1) is 17.8. The van der Waals surface area contributed by atoms with Crippen LogP contribution in [0.5, 0.6) is 5.75 Å². The van der Waals surface area contributed by atoms with Crippen LogP contribution in [0.15, 0.2) is 78.9 Å². The molecule has 0 fully saturated rings. The van der Waals surface area contributed by atoms with Crippen molar-refractivity contribution >= 4 is 0 Å². The lowest BCUT2D eigenvalue weighted by atomic mass is 9.90. The Morgan fingerprint density at radius 3 is 1.36 bits per heavy atom. The van der Waals surface area contributed by atoms with Crippen LogP contribution in [-0.2, 0) is 12.5 Å². The maximum Gasteiger partial charge on any atom is 0.460 e. The van der Waals surface area contributed by atoms with Crippen LogP contribution >= 0.6 is 0 Å². The number of halogens is 13. The van der Waals surface area contributed by atoms with Crippen molar-refractivity contribution in [2.75, 3.05) is 0 Å². The van der Waals surface area contributed by atoms with Gasteiger partial charge in [0.1, 0.15) is 12.4 Å². The molecule has 0 radical (unpaired) electrons. The molecule has 0 saturated carbocycles. The fourth-order valence-corrected chi connectivity index (χ4v) is 3.31. The molecular weight excluding hydrogens is 563 g/mol.